The molecule has 0 saturated carbocycles. The minimum atomic E-state index is -0.917. The highest BCUT2D eigenvalue weighted by Gasteiger charge is 2.24. The maximum absolute atomic E-state index is 14.2. The Morgan fingerprint density at radius 1 is 1.12 bits per heavy atom. The number of hydrogen-bond acceptors (Lipinski definition) is 2. The fraction of sp³-hybridized carbons (Fsp3) is 0.111. The van der Waals surface area contributed by atoms with E-state index in [2.05, 4.69) is 10.3 Å². The van der Waals surface area contributed by atoms with Gasteiger partial charge in [-0.25, -0.2) is 18.2 Å². The van der Waals surface area contributed by atoms with Crippen LogP contribution >= 0.6 is 0 Å². The Bertz CT molecular complexity index is 903. The number of nitrogens with zero attached hydrogens (tertiary/aromatic N) is 2. The molecule has 128 valence electrons. The molecular formula is C18H14F3N3O. The first-order chi connectivity index (χ1) is 12.0. The summed E-state index contributed by atoms with van der Waals surface area (Å²) in [7, 11) is 1.70. The van der Waals surface area contributed by atoms with Crippen molar-refractivity contribution in [2.75, 3.05) is 0 Å². The molecule has 1 heterocycles. The van der Waals surface area contributed by atoms with Crippen molar-refractivity contribution in [1.29, 1.82) is 0 Å². The van der Waals surface area contributed by atoms with Crippen molar-refractivity contribution in [3.63, 3.8) is 0 Å². The highest BCUT2D eigenvalue weighted by Crippen LogP contribution is 2.23. The number of rotatable bonds is 4. The first-order valence-corrected chi connectivity index (χ1v) is 7.44. The molecule has 7 heteroatoms. The van der Waals surface area contributed by atoms with E-state index in [9.17, 15) is 18.0 Å². The van der Waals surface area contributed by atoms with Gasteiger partial charge in [-0.3, -0.25) is 4.79 Å². The monoisotopic (exact) mass is 345 g/mol. The highest BCUT2D eigenvalue weighted by molar-refractivity contribution is 5.94. The van der Waals surface area contributed by atoms with Gasteiger partial charge in [0.25, 0.3) is 5.91 Å². The van der Waals surface area contributed by atoms with E-state index in [1.54, 1.807) is 23.9 Å². The standard InChI is InChI=1S/C18H14F3N3O/c1-24-7-6-22-17(24)16(14-4-2-3-5-15(14)21)23-18(25)11-8-12(19)10-13(20)9-11/h2-10,16H,1H3,(H,23,25). The number of nitrogens with one attached hydrogen (secondary N) is 1. The van der Waals surface area contributed by atoms with Crippen LogP contribution in [0.1, 0.15) is 27.8 Å². The average Bonchev–Trinajstić information content (AvgIpc) is 2.98. The summed E-state index contributed by atoms with van der Waals surface area (Å²) in [4.78, 5) is 16.6. The third kappa shape index (κ3) is 3.55. The zero-order valence-corrected chi connectivity index (χ0v) is 13.2. The van der Waals surface area contributed by atoms with E-state index >= 15 is 0 Å². The minimum Gasteiger partial charge on any atom is -0.338 e. The van der Waals surface area contributed by atoms with Crippen LogP contribution in [0.2, 0.25) is 0 Å². The van der Waals surface area contributed by atoms with Gasteiger partial charge in [0.2, 0.25) is 0 Å². The minimum absolute atomic E-state index is 0.196. The predicted octanol–water partition coefficient (Wildman–Crippen LogP) is 3.36. The molecule has 1 atom stereocenters. The van der Waals surface area contributed by atoms with E-state index in [1.165, 1.54) is 24.4 Å². The molecule has 1 amide bonds. The number of carbonyl (C=O) groups is 1. The quantitative estimate of drug-likeness (QED) is 0.788. The summed E-state index contributed by atoms with van der Waals surface area (Å²) >= 11 is 0. The molecule has 0 aliphatic heterocycles. The van der Waals surface area contributed by atoms with Crippen molar-refractivity contribution in [3.05, 3.63) is 89.3 Å². The molecule has 4 nitrogen and oxygen atoms in total. The molecule has 1 aromatic heterocycles. The molecule has 0 fully saturated rings. The molecule has 2 aromatic carbocycles. The molecule has 0 aliphatic carbocycles. The van der Waals surface area contributed by atoms with Crippen LogP contribution in [0.3, 0.4) is 0 Å². The average molecular weight is 345 g/mol. The zero-order chi connectivity index (χ0) is 18.0. The highest BCUT2D eigenvalue weighted by atomic mass is 19.1. The summed E-state index contributed by atoms with van der Waals surface area (Å²) < 4.78 is 42.6. The Kier molecular flexibility index (Phi) is 4.56. The van der Waals surface area contributed by atoms with Gasteiger partial charge in [-0.05, 0) is 18.2 Å². The van der Waals surface area contributed by atoms with Gasteiger partial charge in [0.1, 0.15) is 29.3 Å². The fourth-order valence-corrected chi connectivity index (χ4v) is 2.55. The van der Waals surface area contributed by atoms with E-state index in [4.69, 9.17) is 0 Å². The molecule has 1 N–H and O–H groups in total. The van der Waals surface area contributed by atoms with E-state index in [0.717, 1.165) is 12.1 Å². The Hall–Kier alpha value is -3.09. The second-order valence-electron chi connectivity index (χ2n) is 5.48. The van der Waals surface area contributed by atoms with Gasteiger partial charge in [-0.2, -0.15) is 0 Å². The second kappa shape index (κ2) is 6.80. The third-order valence-corrected chi connectivity index (χ3v) is 3.73. The van der Waals surface area contributed by atoms with Crippen LogP contribution in [0.4, 0.5) is 13.2 Å². The SMILES string of the molecule is Cn1ccnc1C(NC(=O)c1cc(F)cc(F)c1)c1ccccc1F. The Morgan fingerprint density at radius 3 is 2.40 bits per heavy atom. The zero-order valence-electron chi connectivity index (χ0n) is 13.2. The van der Waals surface area contributed by atoms with Crippen molar-refractivity contribution in [1.82, 2.24) is 14.9 Å². The maximum Gasteiger partial charge on any atom is 0.252 e. The number of halogens is 3. The van der Waals surface area contributed by atoms with Gasteiger partial charge < -0.3 is 9.88 Å². The molecule has 0 spiro atoms. The first kappa shape index (κ1) is 16.8. The maximum atomic E-state index is 14.2. The number of aromatic nitrogens is 2. The number of benzene rings is 2. The summed E-state index contributed by atoms with van der Waals surface area (Å²) in [6, 6.07) is 7.51. The van der Waals surface area contributed by atoms with Crippen LogP contribution in [0, 0.1) is 17.5 Å². The summed E-state index contributed by atoms with van der Waals surface area (Å²) in [5.74, 6) is -2.62. The van der Waals surface area contributed by atoms with E-state index in [1.807, 2.05) is 0 Å². The number of carbonyl (C=O) groups excluding carboxylic acids is 1. The van der Waals surface area contributed by atoms with Crippen molar-refractivity contribution in [3.8, 4) is 0 Å². The smallest absolute Gasteiger partial charge is 0.252 e. The lowest BCUT2D eigenvalue weighted by Gasteiger charge is -2.20. The molecule has 0 radical (unpaired) electrons. The van der Waals surface area contributed by atoms with Crippen molar-refractivity contribution >= 4 is 5.91 Å². The summed E-state index contributed by atoms with van der Waals surface area (Å²) in [6.07, 6.45) is 3.16. The van der Waals surface area contributed by atoms with E-state index in [0.29, 0.717) is 11.9 Å². The second-order valence-corrected chi connectivity index (χ2v) is 5.48. The lowest BCUT2D eigenvalue weighted by molar-refractivity contribution is 0.0939. The molecule has 0 saturated heterocycles. The number of hydrogen-bond donors (Lipinski definition) is 1. The molecule has 0 aliphatic rings. The van der Waals surface area contributed by atoms with E-state index in [-0.39, 0.29) is 11.1 Å². The van der Waals surface area contributed by atoms with Gasteiger partial charge in [0.05, 0.1) is 0 Å². The Balaban J connectivity index is 2.00. The summed E-state index contributed by atoms with van der Waals surface area (Å²) in [5, 5.41) is 2.59. The normalized spacial score (nSPS) is 12.0. The molecular weight excluding hydrogens is 331 g/mol. The third-order valence-electron chi connectivity index (χ3n) is 3.73. The van der Waals surface area contributed by atoms with Crippen LogP contribution in [0.5, 0.6) is 0 Å². The molecule has 25 heavy (non-hydrogen) atoms. The Labute approximate surface area is 141 Å². The molecule has 0 bridgehead atoms. The fourth-order valence-electron chi connectivity index (χ4n) is 2.55. The summed E-state index contributed by atoms with van der Waals surface area (Å²) in [6.45, 7) is 0. The number of aryl methyl sites for hydroxylation is 1. The van der Waals surface area contributed by atoms with Crippen LogP contribution in [-0.4, -0.2) is 15.5 Å². The largest absolute Gasteiger partial charge is 0.338 e. The van der Waals surface area contributed by atoms with Crippen molar-refractivity contribution in [2.24, 2.45) is 7.05 Å². The molecule has 1 unspecified atom stereocenters. The van der Waals surface area contributed by atoms with Crippen LogP contribution in [0.15, 0.2) is 54.9 Å². The first-order valence-electron chi connectivity index (χ1n) is 7.44. The van der Waals surface area contributed by atoms with Gasteiger partial charge in [0, 0.05) is 36.6 Å². The van der Waals surface area contributed by atoms with Gasteiger partial charge in [-0.1, -0.05) is 18.2 Å². The van der Waals surface area contributed by atoms with Gasteiger partial charge in [-0.15, -0.1) is 0 Å². The lowest BCUT2D eigenvalue weighted by Crippen LogP contribution is -2.31. The number of amides is 1. The lowest BCUT2D eigenvalue weighted by atomic mass is 10.0. The van der Waals surface area contributed by atoms with Crippen LogP contribution in [0.25, 0.3) is 0 Å². The van der Waals surface area contributed by atoms with Gasteiger partial charge in [0.15, 0.2) is 0 Å². The van der Waals surface area contributed by atoms with E-state index < -0.39 is 29.4 Å². The molecule has 3 aromatic rings. The van der Waals surface area contributed by atoms with Crippen LogP contribution in [-0.2, 0) is 7.05 Å². The summed E-state index contributed by atoms with van der Waals surface area (Å²) in [5.41, 5.74) is -0.00456. The van der Waals surface area contributed by atoms with Gasteiger partial charge >= 0.3 is 0 Å². The van der Waals surface area contributed by atoms with Crippen molar-refractivity contribution in [2.45, 2.75) is 6.04 Å². The topological polar surface area (TPSA) is 46.9 Å². The predicted molar refractivity (Wildman–Crippen MR) is 85.3 cm³/mol. The van der Waals surface area contributed by atoms with Crippen LogP contribution < -0.4 is 5.32 Å². The molecule has 3 rings (SSSR count). The van der Waals surface area contributed by atoms with Crippen molar-refractivity contribution < 1.29 is 18.0 Å². The number of imidazole rings is 1. The Morgan fingerprint density at radius 2 is 1.80 bits per heavy atom.